The molecular formula is C14H12BrN5. The lowest BCUT2D eigenvalue weighted by Gasteiger charge is -2.08. The van der Waals surface area contributed by atoms with Crippen molar-refractivity contribution in [2.24, 2.45) is 7.05 Å². The number of nitrogens with two attached hydrogens (primary N) is 1. The van der Waals surface area contributed by atoms with E-state index < -0.39 is 0 Å². The van der Waals surface area contributed by atoms with E-state index in [1.807, 2.05) is 43.6 Å². The maximum atomic E-state index is 5.98. The van der Waals surface area contributed by atoms with Gasteiger partial charge in [-0.25, -0.2) is 9.97 Å². The van der Waals surface area contributed by atoms with Crippen LogP contribution in [-0.2, 0) is 7.05 Å². The van der Waals surface area contributed by atoms with Crippen LogP contribution in [0.2, 0.25) is 0 Å². The van der Waals surface area contributed by atoms with Crippen molar-refractivity contribution in [2.75, 3.05) is 5.73 Å². The lowest BCUT2D eigenvalue weighted by Crippen LogP contribution is -2.00. The molecule has 0 saturated carbocycles. The SMILES string of the molecule is Cn1cc(-c2nc(N)c(Br)c(-c3ccccc3)n2)cn1. The number of aryl methyl sites for hydroxylation is 1. The molecule has 100 valence electrons. The van der Waals surface area contributed by atoms with E-state index in [-0.39, 0.29) is 0 Å². The number of halogens is 1. The summed E-state index contributed by atoms with van der Waals surface area (Å²) in [6, 6.07) is 9.86. The van der Waals surface area contributed by atoms with Gasteiger partial charge in [-0.2, -0.15) is 5.10 Å². The van der Waals surface area contributed by atoms with Crippen molar-refractivity contribution in [3.05, 3.63) is 47.2 Å². The summed E-state index contributed by atoms with van der Waals surface area (Å²) >= 11 is 3.46. The van der Waals surface area contributed by atoms with E-state index in [1.54, 1.807) is 10.9 Å². The molecule has 5 nitrogen and oxygen atoms in total. The predicted molar refractivity (Wildman–Crippen MR) is 81.8 cm³/mol. The quantitative estimate of drug-likeness (QED) is 0.784. The van der Waals surface area contributed by atoms with E-state index in [0.717, 1.165) is 16.8 Å². The van der Waals surface area contributed by atoms with Gasteiger partial charge in [-0.05, 0) is 15.9 Å². The molecule has 0 saturated heterocycles. The number of benzene rings is 1. The fourth-order valence-electron chi connectivity index (χ4n) is 1.92. The summed E-state index contributed by atoms with van der Waals surface area (Å²) in [7, 11) is 1.85. The number of rotatable bonds is 2. The third-order valence-corrected chi connectivity index (χ3v) is 3.67. The summed E-state index contributed by atoms with van der Waals surface area (Å²) < 4.78 is 2.41. The summed E-state index contributed by atoms with van der Waals surface area (Å²) in [4.78, 5) is 8.90. The topological polar surface area (TPSA) is 69.6 Å². The minimum Gasteiger partial charge on any atom is -0.383 e. The Kier molecular flexibility index (Phi) is 3.23. The molecule has 0 bridgehead atoms. The fraction of sp³-hybridized carbons (Fsp3) is 0.0714. The van der Waals surface area contributed by atoms with E-state index in [0.29, 0.717) is 16.1 Å². The largest absolute Gasteiger partial charge is 0.383 e. The van der Waals surface area contributed by atoms with Gasteiger partial charge in [0.15, 0.2) is 5.82 Å². The molecule has 3 rings (SSSR count). The van der Waals surface area contributed by atoms with Crippen molar-refractivity contribution in [1.82, 2.24) is 19.7 Å². The first-order valence-corrected chi connectivity index (χ1v) is 6.82. The van der Waals surface area contributed by atoms with Crippen molar-refractivity contribution in [2.45, 2.75) is 0 Å². The number of anilines is 1. The second-order valence-corrected chi connectivity index (χ2v) is 5.16. The van der Waals surface area contributed by atoms with Crippen LogP contribution < -0.4 is 5.73 Å². The van der Waals surface area contributed by atoms with Gasteiger partial charge in [-0.15, -0.1) is 0 Å². The van der Waals surface area contributed by atoms with Crippen LogP contribution in [0.15, 0.2) is 47.2 Å². The molecule has 20 heavy (non-hydrogen) atoms. The van der Waals surface area contributed by atoms with Crippen molar-refractivity contribution in [3.8, 4) is 22.6 Å². The minimum atomic E-state index is 0.415. The smallest absolute Gasteiger partial charge is 0.165 e. The Balaban J connectivity index is 2.18. The molecule has 0 spiro atoms. The maximum absolute atomic E-state index is 5.98. The summed E-state index contributed by atoms with van der Waals surface area (Å²) in [5.74, 6) is 0.982. The summed E-state index contributed by atoms with van der Waals surface area (Å²) in [6.45, 7) is 0. The second kappa shape index (κ2) is 5.05. The zero-order chi connectivity index (χ0) is 14.1. The number of hydrogen-bond acceptors (Lipinski definition) is 4. The Morgan fingerprint density at radius 2 is 1.85 bits per heavy atom. The molecule has 2 heterocycles. The van der Waals surface area contributed by atoms with Crippen LogP contribution in [0.4, 0.5) is 5.82 Å². The molecule has 2 aromatic heterocycles. The van der Waals surface area contributed by atoms with E-state index in [9.17, 15) is 0 Å². The molecule has 0 atom stereocenters. The molecule has 0 aliphatic heterocycles. The Labute approximate surface area is 124 Å². The lowest BCUT2D eigenvalue weighted by molar-refractivity contribution is 0.768. The molecular weight excluding hydrogens is 318 g/mol. The number of aromatic nitrogens is 4. The number of hydrogen-bond donors (Lipinski definition) is 1. The highest BCUT2D eigenvalue weighted by Crippen LogP contribution is 2.31. The Morgan fingerprint density at radius 1 is 1.10 bits per heavy atom. The predicted octanol–water partition coefficient (Wildman–Crippen LogP) is 2.89. The van der Waals surface area contributed by atoms with Crippen LogP contribution >= 0.6 is 15.9 Å². The Hall–Kier alpha value is -2.21. The number of nitrogens with zero attached hydrogens (tertiary/aromatic N) is 4. The highest BCUT2D eigenvalue weighted by molar-refractivity contribution is 9.10. The van der Waals surface area contributed by atoms with Crippen LogP contribution in [-0.4, -0.2) is 19.7 Å². The van der Waals surface area contributed by atoms with Gasteiger partial charge in [-0.1, -0.05) is 30.3 Å². The second-order valence-electron chi connectivity index (χ2n) is 4.36. The van der Waals surface area contributed by atoms with Gasteiger partial charge < -0.3 is 5.73 Å². The first-order valence-electron chi connectivity index (χ1n) is 6.02. The third kappa shape index (κ3) is 2.30. The van der Waals surface area contributed by atoms with Crippen LogP contribution in [0.3, 0.4) is 0 Å². The standard InChI is InChI=1S/C14H12BrN5/c1-20-8-10(7-17-20)14-18-12(11(15)13(16)19-14)9-5-3-2-4-6-9/h2-8H,1H3,(H2,16,18,19). The maximum Gasteiger partial charge on any atom is 0.165 e. The molecule has 0 fully saturated rings. The van der Waals surface area contributed by atoms with E-state index in [1.165, 1.54) is 0 Å². The zero-order valence-corrected chi connectivity index (χ0v) is 12.4. The molecule has 0 unspecified atom stereocenters. The van der Waals surface area contributed by atoms with E-state index in [2.05, 4.69) is 31.0 Å². The zero-order valence-electron chi connectivity index (χ0n) is 10.8. The monoisotopic (exact) mass is 329 g/mol. The molecule has 0 aliphatic rings. The normalized spacial score (nSPS) is 10.7. The van der Waals surface area contributed by atoms with Crippen LogP contribution in [0, 0.1) is 0 Å². The molecule has 1 aromatic carbocycles. The van der Waals surface area contributed by atoms with Gasteiger partial charge in [0.25, 0.3) is 0 Å². The average molecular weight is 330 g/mol. The highest BCUT2D eigenvalue weighted by Gasteiger charge is 2.13. The first-order chi connectivity index (χ1) is 9.65. The number of nitrogen functional groups attached to an aromatic ring is 1. The summed E-state index contributed by atoms with van der Waals surface area (Å²) in [6.07, 6.45) is 3.58. The third-order valence-electron chi connectivity index (χ3n) is 2.89. The average Bonchev–Trinajstić information content (AvgIpc) is 2.89. The van der Waals surface area contributed by atoms with E-state index >= 15 is 0 Å². The van der Waals surface area contributed by atoms with Crippen LogP contribution in [0.5, 0.6) is 0 Å². The van der Waals surface area contributed by atoms with Crippen molar-refractivity contribution < 1.29 is 0 Å². The molecule has 3 aromatic rings. The highest BCUT2D eigenvalue weighted by atomic mass is 79.9. The van der Waals surface area contributed by atoms with Gasteiger partial charge in [0.05, 0.1) is 21.9 Å². The van der Waals surface area contributed by atoms with Gasteiger partial charge in [0.2, 0.25) is 0 Å². The molecule has 0 aliphatic carbocycles. The van der Waals surface area contributed by atoms with Gasteiger partial charge in [-0.3, -0.25) is 4.68 Å². The van der Waals surface area contributed by atoms with Crippen molar-refractivity contribution >= 4 is 21.7 Å². The van der Waals surface area contributed by atoms with Crippen molar-refractivity contribution in [1.29, 1.82) is 0 Å². The molecule has 6 heteroatoms. The fourth-order valence-corrected chi connectivity index (χ4v) is 2.32. The Bertz CT molecular complexity index is 752. The molecule has 2 N–H and O–H groups in total. The first kappa shape index (κ1) is 12.8. The molecule has 0 radical (unpaired) electrons. The van der Waals surface area contributed by atoms with Gasteiger partial charge >= 0.3 is 0 Å². The van der Waals surface area contributed by atoms with Gasteiger partial charge in [0, 0.05) is 18.8 Å². The summed E-state index contributed by atoms with van der Waals surface area (Å²) in [5.41, 5.74) is 8.57. The lowest BCUT2D eigenvalue weighted by atomic mass is 10.1. The van der Waals surface area contributed by atoms with E-state index in [4.69, 9.17) is 5.73 Å². The summed E-state index contributed by atoms with van der Waals surface area (Å²) in [5, 5.41) is 4.13. The van der Waals surface area contributed by atoms with Crippen molar-refractivity contribution in [3.63, 3.8) is 0 Å². The van der Waals surface area contributed by atoms with Crippen LogP contribution in [0.1, 0.15) is 0 Å². The molecule has 0 amide bonds. The van der Waals surface area contributed by atoms with Gasteiger partial charge in [0.1, 0.15) is 5.82 Å². The minimum absolute atomic E-state index is 0.415. The van der Waals surface area contributed by atoms with Crippen LogP contribution in [0.25, 0.3) is 22.6 Å². The Morgan fingerprint density at radius 3 is 2.50 bits per heavy atom.